The number of carbonyl (C=O) groups is 2. The number of benzene rings is 2. The molecule has 0 atom stereocenters. The lowest BCUT2D eigenvalue weighted by atomic mass is 10.1. The van der Waals surface area contributed by atoms with Crippen LogP contribution in [0.15, 0.2) is 48.8 Å². The van der Waals surface area contributed by atoms with Crippen LogP contribution in [0.3, 0.4) is 0 Å². The summed E-state index contributed by atoms with van der Waals surface area (Å²) in [6.45, 7) is 1.73. The molecule has 142 valence electrons. The second kappa shape index (κ2) is 7.31. The summed E-state index contributed by atoms with van der Waals surface area (Å²) in [7, 11) is 1.65. The van der Waals surface area contributed by atoms with E-state index in [9.17, 15) is 19.7 Å². The van der Waals surface area contributed by atoms with Crippen LogP contribution in [0.4, 0.5) is 5.69 Å². The number of hydrogen-bond donors (Lipinski definition) is 1. The third kappa shape index (κ3) is 3.58. The number of nitrogens with two attached hydrogens (primary N) is 1. The second-order valence-corrected chi connectivity index (χ2v) is 6.08. The van der Waals surface area contributed by atoms with E-state index in [0.717, 1.165) is 6.07 Å². The molecule has 1 heterocycles. The van der Waals surface area contributed by atoms with E-state index in [1.807, 2.05) is 0 Å². The molecule has 0 saturated carbocycles. The van der Waals surface area contributed by atoms with Crippen LogP contribution < -0.4 is 10.5 Å². The number of imidazole rings is 1. The van der Waals surface area contributed by atoms with E-state index in [-0.39, 0.29) is 34.1 Å². The van der Waals surface area contributed by atoms with Crippen molar-refractivity contribution in [3.8, 4) is 11.5 Å². The number of amides is 1. The molecule has 0 bridgehead atoms. The molecule has 0 fully saturated rings. The average Bonchev–Trinajstić information content (AvgIpc) is 3.08. The summed E-state index contributed by atoms with van der Waals surface area (Å²) in [6, 6.07) is 8.47. The summed E-state index contributed by atoms with van der Waals surface area (Å²) in [5.41, 5.74) is 5.86. The van der Waals surface area contributed by atoms with E-state index in [1.54, 1.807) is 26.2 Å². The summed E-state index contributed by atoms with van der Waals surface area (Å²) >= 11 is 0. The molecule has 9 heteroatoms. The van der Waals surface area contributed by atoms with E-state index in [4.69, 9.17) is 10.5 Å². The van der Waals surface area contributed by atoms with Gasteiger partial charge in [-0.3, -0.25) is 19.7 Å². The van der Waals surface area contributed by atoms with Crippen molar-refractivity contribution in [2.24, 2.45) is 12.8 Å². The maximum atomic E-state index is 12.5. The minimum absolute atomic E-state index is 0.0638. The predicted molar refractivity (Wildman–Crippen MR) is 99.5 cm³/mol. The van der Waals surface area contributed by atoms with Crippen molar-refractivity contribution in [2.45, 2.75) is 6.92 Å². The van der Waals surface area contributed by atoms with Crippen LogP contribution in [-0.4, -0.2) is 26.2 Å². The Bertz CT molecular complexity index is 1100. The molecule has 0 aliphatic rings. The second-order valence-electron chi connectivity index (χ2n) is 6.08. The molecular formula is C19H16N4O5. The first-order valence-electron chi connectivity index (χ1n) is 8.16. The zero-order chi connectivity index (χ0) is 20.4. The molecular weight excluding hydrogens is 364 g/mol. The van der Waals surface area contributed by atoms with Gasteiger partial charge in [0.2, 0.25) is 17.4 Å². The van der Waals surface area contributed by atoms with Gasteiger partial charge in [0.15, 0.2) is 5.82 Å². The third-order valence-corrected chi connectivity index (χ3v) is 4.13. The summed E-state index contributed by atoms with van der Waals surface area (Å²) in [4.78, 5) is 38.8. The van der Waals surface area contributed by atoms with Gasteiger partial charge in [0.25, 0.3) is 0 Å². The molecule has 0 spiro atoms. The molecule has 3 aromatic rings. The van der Waals surface area contributed by atoms with Crippen LogP contribution in [0, 0.1) is 17.0 Å². The van der Waals surface area contributed by atoms with Gasteiger partial charge in [-0.2, -0.15) is 0 Å². The van der Waals surface area contributed by atoms with Gasteiger partial charge in [0, 0.05) is 36.6 Å². The largest absolute Gasteiger partial charge is 0.450 e. The van der Waals surface area contributed by atoms with Crippen LogP contribution in [0.5, 0.6) is 11.5 Å². The third-order valence-electron chi connectivity index (χ3n) is 4.13. The van der Waals surface area contributed by atoms with E-state index < -0.39 is 16.6 Å². The number of nitro groups is 1. The Labute approximate surface area is 159 Å². The number of rotatable bonds is 6. The Morgan fingerprint density at radius 3 is 2.46 bits per heavy atom. The number of carbonyl (C=O) groups excluding carboxylic acids is 2. The molecule has 2 aromatic carbocycles. The molecule has 0 aliphatic heterocycles. The van der Waals surface area contributed by atoms with Crippen LogP contribution in [0.25, 0.3) is 0 Å². The fourth-order valence-corrected chi connectivity index (χ4v) is 2.58. The van der Waals surface area contributed by atoms with Gasteiger partial charge < -0.3 is 15.0 Å². The zero-order valence-electron chi connectivity index (χ0n) is 15.1. The molecule has 0 saturated heterocycles. The highest BCUT2D eigenvalue weighted by Crippen LogP contribution is 2.34. The van der Waals surface area contributed by atoms with Crippen LogP contribution in [0.2, 0.25) is 0 Å². The van der Waals surface area contributed by atoms with Gasteiger partial charge in [0.1, 0.15) is 5.75 Å². The number of nitrogens with zero attached hydrogens (tertiary/aromatic N) is 3. The summed E-state index contributed by atoms with van der Waals surface area (Å²) in [5, 5.41) is 11.5. The van der Waals surface area contributed by atoms with Crippen molar-refractivity contribution in [3.63, 3.8) is 0 Å². The highest BCUT2D eigenvalue weighted by molar-refractivity contribution is 6.07. The molecule has 0 radical (unpaired) electrons. The van der Waals surface area contributed by atoms with Crippen molar-refractivity contribution in [1.82, 2.24) is 9.55 Å². The lowest BCUT2D eigenvalue weighted by Crippen LogP contribution is -2.11. The Balaban J connectivity index is 2.00. The molecule has 2 N–H and O–H groups in total. The first-order valence-corrected chi connectivity index (χ1v) is 8.16. The van der Waals surface area contributed by atoms with Crippen molar-refractivity contribution in [1.29, 1.82) is 0 Å². The van der Waals surface area contributed by atoms with Gasteiger partial charge in [-0.15, -0.1) is 0 Å². The Kier molecular flexibility index (Phi) is 4.90. The quantitative estimate of drug-likeness (QED) is 0.397. The number of ketones is 1. The van der Waals surface area contributed by atoms with Gasteiger partial charge in [-0.25, -0.2) is 4.98 Å². The van der Waals surface area contributed by atoms with E-state index in [2.05, 4.69) is 4.98 Å². The highest BCUT2D eigenvalue weighted by atomic mass is 16.6. The van der Waals surface area contributed by atoms with Crippen molar-refractivity contribution in [3.05, 3.63) is 81.4 Å². The van der Waals surface area contributed by atoms with Gasteiger partial charge >= 0.3 is 5.69 Å². The number of aromatic nitrogens is 2. The first-order chi connectivity index (χ1) is 13.3. The Morgan fingerprint density at radius 2 is 1.86 bits per heavy atom. The monoisotopic (exact) mass is 380 g/mol. The molecule has 0 aliphatic carbocycles. The zero-order valence-corrected chi connectivity index (χ0v) is 15.1. The van der Waals surface area contributed by atoms with Gasteiger partial charge in [0.05, 0.1) is 4.92 Å². The first kappa shape index (κ1) is 18.8. The summed E-state index contributed by atoms with van der Waals surface area (Å²) in [6.07, 6.45) is 3.07. The maximum Gasteiger partial charge on any atom is 0.312 e. The van der Waals surface area contributed by atoms with Gasteiger partial charge in [-0.1, -0.05) is 6.07 Å². The van der Waals surface area contributed by atoms with Crippen LogP contribution >= 0.6 is 0 Å². The van der Waals surface area contributed by atoms with Gasteiger partial charge in [-0.05, 0) is 36.8 Å². The topological polar surface area (TPSA) is 130 Å². The summed E-state index contributed by atoms with van der Waals surface area (Å²) in [5.74, 6) is -0.744. The van der Waals surface area contributed by atoms with Crippen LogP contribution in [-0.2, 0) is 7.05 Å². The maximum absolute atomic E-state index is 12.5. The number of aryl methyl sites for hydroxylation is 2. The Morgan fingerprint density at radius 1 is 1.14 bits per heavy atom. The average molecular weight is 380 g/mol. The summed E-state index contributed by atoms with van der Waals surface area (Å²) < 4.78 is 7.19. The lowest BCUT2D eigenvalue weighted by molar-refractivity contribution is -0.385. The van der Waals surface area contributed by atoms with E-state index in [1.165, 1.54) is 35.0 Å². The SMILES string of the molecule is Cc1ccc(C(N)=O)cc1Oc1ccc(C(=O)c2nccn2C)cc1[N+](=O)[O-]. The molecule has 3 rings (SSSR count). The molecule has 1 amide bonds. The van der Waals surface area contributed by atoms with E-state index >= 15 is 0 Å². The molecule has 9 nitrogen and oxygen atoms in total. The number of hydrogen-bond acceptors (Lipinski definition) is 6. The number of primary amides is 1. The Hall–Kier alpha value is -4.01. The molecule has 1 aromatic heterocycles. The van der Waals surface area contributed by atoms with E-state index in [0.29, 0.717) is 5.56 Å². The highest BCUT2D eigenvalue weighted by Gasteiger charge is 2.22. The molecule has 0 unspecified atom stereocenters. The number of nitro benzene ring substituents is 1. The van der Waals surface area contributed by atoms with Crippen molar-refractivity contribution in [2.75, 3.05) is 0 Å². The normalized spacial score (nSPS) is 10.5. The molecule has 28 heavy (non-hydrogen) atoms. The van der Waals surface area contributed by atoms with Crippen molar-refractivity contribution >= 4 is 17.4 Å². The van der Waals surface area contributed by atoms with Crippen molar-refractivity contribution < 1.29 is 19.2 Å². The standard InChI is InChI=1S/C19H16N4O5/c1-11-3-4-13(18(20)25)10-16(11)28-15-6-5-12(9-14(15)23(26)27)17(24)19-21-7-8-22(19)2/h3-10H,1-2H3,(H2,20,25). The lowest BCUT2D eigenvalue weighted by Gasteiger charge is -2.11. The fourth-order valence-electron chi connectivity index (χ4n) is 2.58. The minimum Gasteiger partial charge on any atom is -0.450 e. The van der Waals surface area contributed by atoms with Crippen LogP contribution in [0.1, 0.15) is 32.1 Å². The smallest absolute Gasteiger partial charge is 0.312 e. The predicted octanol–water partition coefficient (Wildman–Crippen LogP) is 2.76. The fraction of sp³-hybridized carbons (Fsp3) is 0.105. The minimum atomic E-state index is -0.643. The number of ether oxygens (including phenoxy) is 1.